The van der Waals surface area contributed by atoms with Crippen molar-refractivity contribution in [3.8, 4) is 11.5 Å². The van der Waals surface area contributed by atoms with E-state index in [1.165, 1.54) is 26.4 Å². The van der Waals surface area contributed by atoms with Gasteiger partial charge in [0.2, 0.25) is 0 Å². The molecule has 0 spiro atoms. The first kappa shape index (κ1) is 23.0. The second kappa shape index (κ2) is 12.4. The summed E-state index contributed by atoms with van der Waals surface area (Å²) in [6.07, 6.45) is 7.31. The van der Waals surface area contributed by atoms with Crippen LogP contribution in [-0.2, 0) is 14.3 Å². The van der Waals surface area contributed by atoms with Gasteiger partial charge in [-0.2, -0.15) is 0 Å². The second-order valence-corrected chi connectivity index (χ2v) is 6.73. The molecule has 152 valence electrons. The number of carbonyl (C=O) groups excluding carboxylic acids is 2. The average Bonchev–Trinajstić information content (AvgIpc) is 2.69. The van der Waals surface area contributed by atoms with E-state index in [4.69, 9.17) is 14.2 Å². The Morgan fingerprint density at radius 2 is 1.44 bits per heavy atom. The van der Waals surface area contributed by atoms with Crippen LogP contribution in [0.3, 0.4) is 0 Å². The molecule has 27 heavy (non-hydrogen) atoms. The normalized spacial score (nSPS) is 11.1. The van der Waals surface area contributed by atoms with E-state index in [1.54, 1.807) is 38.1 Å². The Morgan fingerprint density at radius 1 is 0.852 bits per heavy atom. The number of carbonyl (C=O) groups is 2. The fourth-order valence-corrected chi connectivity index (χ4v) is 3.00. The van der Waals surface area contributed by atoms with E-state index in [-0.39, 0.29) is 0 Å². The number of esters is 2. The largest absolute Gasteiger partial charge is 0.493 e. The highest BCUT2D eigenvalue weighted by Crippen LogP contribution is 2.33. The Bertz CT molecular complexity index is 578. The van der Waals surface area contributed by atoms with E-state index in [0.29, 0.717) is 30.9 Å². The highest BCUT2D eigenvalue weighted by atomic mass is 16.6. The molecule has 5 heteroatoms. The molecule has 1 rings (SSSR count). The van der Waals surface area contributed by atoms with Crippen molar-refractivity contribution < 1.29 is 23.8 Å². The summed E-state index contributed by atoms with van der Waals surface area (Å²) < 4.78 is 16.2. The molecule has 1 aromatic carbocycles. The van der Waals surface area contributed by atoms with Gasteiger partial charge in [-0.15, -0.1) is 0 Å². The van der Waals surface area contributed by atoms with Crippen molar-refractivity contribution in [2.75, 3.05) is 13.7 Å². The molecule has 0 aliphatic rings. The Morgan fingerprint density at radius 3 is 2.04 bits per heavy atom. The molecule has 0 bridgehead atoms. The van der Waals surface area contributed by atoms with Gasteiger partial charge in [0.15, 0.2) is 16.9 Å². The third-order valence-corrected chi connectivity index (χ3v) is 4.99. The average molecular weight is 379 g/mol. The molecule has 0 atom stereocenters. The molecule has 0 saturated heterocycles. The molecule has 0 radical (unpaired) electrons. The molecular formula is C22H34O5. The Balaban J connectivity index is 2.67. The maximum Gasteiger partial charge on any atom is 0.328 e. The predicted molar refractivity (Wildman–Crippen MR) is 106 cm³/mol. The smallest absolute Gasteiger partial charge is 0.328 e. The van der Waals surface area contributed by atoms with Gasteiger partial charge in [-0.1, -0.05) is 65.0 Å². The van der Waals surface area contributed by atoms with Crippen molar-refractivity contribution in [3.63, 3.8) is 0 Å². The molecule has 0 aromatic heterocycles. The van der Waals surface area contributed by atoms with Crippen molar-refractivity contribution in [1.82, 2.24) is 0 Å². The molecule has 0 unspecified atom stereocenters. The van der Waals surface area contributed by atoms with Gasteiger partial charge in [0.05, 0.1) is 13.7 Å². The lowest BCUT2D eigenvalue weighted by Gasteiger charge is -2.27. The number of benzene rings is 1. The summed E-state index contributed by atoms with van der Waals surface area (Å²) >= 11 is 0. The number of methoxy groups -OCH3 is 1. The minimum atomic E-state index is -1.29. The van der Waals surface area contributed by atoms with Crippen molar-refractivity contribution in [1.29, 1.82) is 0 Å². The quantitative estimate of drug-likeness (QED) is 0.201. The Hall–Kier alpha value is -2.04. The van der Waals surface area contributed by atoms with E-state index in [0.717, 1.165) is 19.3 Å². The number of hydrogen-bond donors (Lipinski definition) is 0. The van der Waals surface area contributed by atoms with Gasteiger partial charge in [0, 0.05) is 0 Å². The number of para-hydroxylation sites is 2. The standard InChI is InChI=1S/C22H34O5/c1-5-8-9-10-11-14-17-26-20(23)22(6-2,7-3)21(24)27-19-16-13-12-15-18(19)25-4/h12-13,15-16H,5-11,14,17H2,1-4H3. The molecule has 0 fully saturated rings. The predicted octanol–water partition coefficient (Wildman–Crippen LogP) is 5.31. The van der Waals surface area contributed by atoms with Crippen molar-refractivity contribution in [2.45, 2.75) is 72.1 Å². The van der Waals surface area contributed by atoms with Gasteiger partial charge >= 0.3 is 11.9 Å². The van der Waals surface area contributed by atoms with Crippen molar-refractivity contribution >= 4 is 11.9 Å². The topological polar surface area (TPSA) is 61.8 Å². The zero-order valence-electron chi connectivity index (χ0n) is 17.2. The van der Waals surface area contributed by atoms with Crippen LogP contribution in [0.4, 0.5) is 0 Å². The maximum atomic E-state index is 12.8. The zero-order chi connectivity index (χ0) is 20.1. The van der Waals surface area contributed by atoms with Crippen LogP contribution in [0.1, 0.15) is 72.1 Å². The Labute approximate surface area is 163 Å². The second-order valence-electron chi connectivity index (χ2n) is 6.73. The third-order valence-electron chi connectivity index (χ3n) is 4.99. The third kappa shape index (κ3) is 6.56. The summed E-state index contributed by atoms with van der Waals surface area (Å²) in [4.78, 5) is 25.5. The van der Waals surface area contributed by atoms with Gasteiger partial charge < -0.3 is 14.2 Å². The van der Waals surface area contributed by atoms with Gasteiger partial charge in [-0.25, -0.2) is 0 Å². The van der Waals surface area contributed by atoms with E-state index < -0.39 is 17.4 Å². The zero-order valence-corrected chi connectivity index (χ0v) is 17.2. The van der Waals surface area contributed by atoms with Gasteiger partial charge in [0.25, 0.3) is 0 Å². The molecule has 0 amide bonds. The molecule has 5 nitrogen and oxygen atoms in total. The van der Waals surface area contributed by atoms with Crippen LogP contribution in [0, 0.1) is 5.41 Å². The van der Waals surface area contributed by atoms with E-state index >= 15 is 0 Å². The first-order valence-corrected chi connectivity index (χ1v) is 10.1. The summed E-state index contributed by atoms with van der Waals surface area (Å²) in [6.45, 7) is 6.13. The minimum Gasteiger partial charge on any atom is -0.493 e. The molecular weight excluding hydrogens is 344 g/mol. The lowest BCUT2D eigenvalue weighted by atomic mass is 9.82. The summed E-state index contributed by atoms with van der Waals surface area (Å²) in [6, 6.07) is 6.90. The fraction of sp³-hybridized carbons (Fsp3) is 0.636. The van der Waals surface area contributed by atoms with Gasteiger partial charge in [-0.05, 0) is 31.4 Å². The van der Waals surface area contributed by atoms with Crippen LogP contribution in [0.15, 0.2) is 24.3 Å². The molecule has 0 aliphatic heterocycles. The highest BCUT2D eigenvalue weighted by Gasteiger charge is 2.46. The van der Waals surface area contributed by atoms with E-state index in [1.807, 2.05) is 0 Å². The number of ether oxygens (including phenoxy) is 3. The lowest BCUT2D eigenvalue weighted by Crippen LogP contribution is -2.42. The van der Waals surface area contributed by atoms with Gasteiger partial charge in [0.1, 0.15) is 0 Å². The van der Waals surface area contributed by atoms with Crippen LogP contribution in [0.2, 0.25) is 0 Å². The number of unbranched alkanes of at least 4 members (excludes halogenated alkanes) is 5. The highest BCUT2D eigenvalue weighted by molar-refractivity contribution is 6.00. The van der Waals surface area contributed by atoms with Crippen LogP contribution >= 0.6 is 0 Å². The van der Waals surface area contributed by atoms with Crippen LogP contribution in [0.25, 0.3) is 0 Å². The molecule has 0 saturated carbocycles. The molecule has 1 aromatic rings. The fourth-order valence-electron chi connectivity index (χ4n) is 3.00. The van der Waals surface area contributed by atoms with Crippen LogP contribution in [-0.4, -0.2) is 25.7 Å². The minimum absolute atomic E-state index is 0.306. The number of hydrogen-bond acceptors (Lipinski definition) is 5. The summed E-state index contributed by atoms with van der Waals surface area (Å²) in [7, 11) is 1.51. The summed E-state index contributed by atoms with van der Waals surface area (Å²) in [5, 5.41) is 0. The molecule has 0 aliphatic carbocycles. The maximum absolute atomic E-state index is 12.8. The monoisotopic (exact) mass is 378 g/mol. The van der Waals surface area contributed by atoms with E-state index in [2.05, 4.69) is 6.92 Å². The summed E-state index contributed by atoms with van der Waals surface area (Å²) in [5.41, 5.74) is -1.29. The van der Waals surface area contributed by atoms with Gasteiger partial charge in [-0.3, -0.25) is 9.59 Å². The van der Waals surface area contributed by atoms with Crippen LogP contribution in [0.5, 0.6) is 11.5 Å². The lowest BCUT2D eigenvalue weighted by molar-refractivity contribution is -0.168. The molecule has 0 N–H and O–H groups in total. The van der Waals surface area contributed by atoms with Crippen LogP contribution < -0.4 is 9.47 Å². The van der Waals surface area contributed by atoms with E-state index in [9.17, 15) is 9.59 Å². The first-order valence-electron chi connectivity index (χ1n) is 10.1. The van der Waals surface area contributed by atoms with Crippen molar-refractivity contribution in [2.24, 2.45) is 5.41 Å². The Kier molecular flexibility index (Phi) is 10.5. The van der Waals surface area contributed by atoms with Crippen molar-refractivity contribution in [3.05, 3.63) is 24.3 Å². The first-order chi connectivity index (χ1) is 13.1. The SMILES string of the molecule is CCCCCCCCOC(=O)C(CC)(CC)C(=O)Oc1ccccc1OC. The molecule has 0 heterocycles. The number of rotatable bonds is 13. The summed E-state index contributed by atoms with van der Waals surface area (Å²) in [5.74, 6) is -0.335.